The molecular weight excluding hydrogens is 428 g/mol. The number of nitrogens with two attached hydrogens (primary N) is 1. The Hall–Kier alpha value is 0.530. The van der Waals surface area contributed by atoms with Crippen molar-refractivity contribution in [2.45, 2.75) is 36.6 Å². The average Bonchev–Trinajstić information content (AvgIpc) is 2.77. The van der Waals surface area contributed by atoms with E-state index in [1.807, 2.05) is 0 Å². The van der Waals surface area contributed by atoms with E-state index in [1.165, 1.54) is 15.6 Å². The normalized spacial score (nSPS) is 24.2. The molecule has 1 aromatic heterocycles. The van der Waals surface area contributed by atoms with Gasteiger partial charge in [-0.1, -0.05) is 12.8 Å². The van der Waals surface area contributed by atoms with E-state index >= 15 is 0 Å². The van der Waals surface area contributed by atoms with E-state index in [-0.39, 0.29) is 12.0 Å². The molecule has 1 heterocycles. The van der Waals surface area contributed by atoms with Crippen molar-refractivity contribution in [1.29, 1.82) is 0 Å². The van der Waals surface area contributed by atoms with E-state index in [1.54, 1.807) is 13.1 Å². The van der Waals surface area contributed by atoms with Gasteiger partial charge in [0.25, 0.3) is 0 Å². The van der Waals surface area contributed by atoms with E-state index in [2.05, 4.69) is 31.9 Å². The molecule has 114 valence electrons. The lowest BCUT2D eigenvalue weighted by atomic mass is 9.85. The molecule has 1 aromatic rings. The van der Waals surface area contributed by atoms with Gasteiger partial charge < -0.3 is 5.73 Å². The smallest absolute Gasteiger partial charge is 0.245 e. The van der Waals surface area contributed by atoms with Gasteiger partial charge in [-0.3, -0.25) is 0 Å². The van der Waals surface area contributed by atoms with Crippen LogP contribution in [0.15, 0.2) is 18.5 Å². The number of sulfonamides is 1. The number of rotatable bonds is 4. The van der Waals surface area contributed by atoms with Gasteiger partial charge in [0.1, 0.15) is 4.90 Å². The molecule has 1 fully saturated rings. The Bertz CT molecular complexity index is 574. The molecule has 2 rings (SSSR count). The standard InChI is InChI=1S/C12H18Br2N2O2S2/c1-16(9-5-3-2-4-8(9)7-15)20(17,18)10-6-11(13)19-12(10)14/h6,8-9H,2-5,7,15H2,1H3. The van der Waals surface area contributed by atoms with Gasteiger partial charge in [0.15, 0.2) is 0 Å². The second kappa shape index (κ2) is 6.75. The predicted octanol–water partition coefficient (Wildman–Crippen LogP) is 3.41. The molecule has 1 aliphatic rings. The Morgan fingerprint density at radius 1 is 1.40 bits per heavy atom. The summed E-state index contributed by atoms with van der Waals surface area (Å²) in [5.74, 6) is 0.254. The lowest BCUT2D eigenvalue weighted by Crippen LogP contribution is -2.45. The van der Waals surface area contributed by atoms with Gasteiger partial charge >= 0.3 is 0 Å². The zero-order chi connectivity index (χ0) is 14.9. The maximum atomic E-state index is 12.8. The summed E-state index contributed by atoms with van der Waals surface area (Å²) in [6.45, 7) is 0.541. The van der Waals surface area contributed by atoms with Crippen LogP contribution in [0.5, 0.6) is 0 Å². The third kappa shape index (κ3) is 3.30. The van der Waals surface area contributed by atoms with Gasteiger partial charge in [0.05, 0.1) is 7.57 Å². The van der Waals surface area contributed by atoms with Crippen molar-refractivity contribution in [3.8, 4) is 0 Å². The Kier molecular flexibility index (Phi) is 5.70. The Morgan fingerprint density at radius 2 is 2.05 bits per heavy atom. The molecule has 20 heavy (non-hydrogen) atoms. The minimum absolute atomic E-state index is 0.00401. The molecule has 2 unspecified atom stereocenters. The molecule has 1 aliphatic carbocycles. The lowest BCUT2D eigenvalue weighted by Gasteiger charge is -2.36. The first-order valence-corrected chi connectivity index (χ1v) is 10.3. The number of hydrogen-bond acceptors (Lipinski definition) is 4. The van der Waals surface area contributed by atoms with Crippen LogP contribution in [0.1, 0.15) is 25.7 Å². The molecular formula is C12H18Br2N2O2S2. The molecule has 4 nitrogen and oxygen atoms in total. The van der Waals surface area contributed by atoms with E-state index in [9.17, 15) is 8.42 Å². The number of halogens is 2. The van der Waals surface area contributed by atoms with Crippen LogP contribution in [-0.2, 0) is 10.0 Å². The fourth-order valence-electron chi connectivity index (χ4n) is 2.78. The van der Waals surface area contributed by atoms with Gasteiger partial charge in [-0.05, 0) is 63.2 Å². The summed E-state index contributed by atoms with van der Waals surface area (Å²) >= 11 is 8.04. The molecule has 1 saturated carbocycles. The molecule has 0 bridgehead atoms. The van der Waals surface area contributed by atoms with Crippen LogP contribution in [0.4, 0.5) is 0 Å². The molecule has 0 aliphatic heterocycles. The summed E-state index contributed by atoms with van der Waals surface area (Å²) in [4.78, 5) is 0.332. The van der Waals surface area contributed by atoms with Crippen molar-refractivity contribution in [2.75, 3.05) is 13.6 Å². The van der Waals surface area contributed by atoms with Crippen LogP contribution >= 0.6 is 43.2 Å². The maximum Gasteiger partial charge on any atom is 0.245 e. The minimum Gasteiger partial charge on any atom is -0.330 e. The van der Waals surface area contributed by atoms with Crippen molar-refractivity contribution < 1.29 is 8.42 Å². The van der Waals surface area contributed by atoms with Crippen LogP contribution in [0.3, 0.4) is 0 Å². The highest BCUT2D eigenvalue weighted by Crippen LogP contribution is 2.38. The highest BCUT2D eigenvalue weighted by atomic mass is 79.9. The minimum atomic E-state index is -3.48. The highest BCUT2D eigenvalue weighted by molar-refractivity contribution is 9.12. The molecule has 0 radical (unpaired) electrons. The number of hydrogen-bond donors (Lipinski definition) is 1. The molecule has 0 amide bonds. The first-order valence-electron chi connectivity index (χ1n) is 6.51. The maximum absolute atomic E-state index is 12.8. The summed E-state index contributed by atoms with van der Waals surface area (Å²) in [6, 6.07) is 1.66. The molecule has 2 N–H and O–H groups in total. The molecule has 2 atom stereocenters. The van der Waals surface area contributed by atoms with Crippen molar-refractivity contribution in [3.05, 3.63) is 13.6 Å². The van der Waals surface area contributed by atoms with Crippen molar-refractivity contribution in [2.24, 2.45) is 11.7 Å². The van der Waals surface area contributed by atoms with Crippen LogP contribution in [0.2, 0.25) is 0 Å². The van der Waals surface area contributed by atoms with Crippen LogP contribution in [0, 0.1) is 5.92 Å². The topological polar surface area (TPSA) is 63.4 Å². The monoisotopic (exact) mass is 444 g/mol. The van der Waals surface area contributed by atoms with Crippen molar-refractivity contribution in [3.63, 3.8) is 0 Å². The zero-order valence-corrected chi connectivity index (χ0v) is 16.0. The van der Waals surface area contributed by atoms with Gasteiger partial charge in [0, 0.05) is 13.1 Å². The fourth-order valence-corrected chi connectivity index (χ4v) is 7.98. The lowest BCUT2D eigenvalue weighted by molar-refractivity contribution is 0.204. The van der Waals surface area contributed by atoms with Crippen LogP contribution in [0.25, 0.3) is 0 Å². The quantitative estimate of drug-likeness (QED) is 0.772. The van der Waals surface area contributed by atoms with Gasteiger partial charge in [-0.2, -0.15) is 4.31 Å². The SMILES string of the molecule is CN(C1CCCCC1CN)S(=O)(=O)c1cc(Br)sc1Br. The van der Waals surface area contributed by atoms with Crippen LogP contribution < -0.4 is 5.73 Å². The molecule has 8 heteroatoms. The summed E-state index contributed by atoms with van der Waals surface area (Å²) in [7, 11) is -1.81. The Morgan fingerprint density at radius 3 is 2.60 bits per heavy atom. The summed E-state index contributed by atoms with van der Waals surface area (Å²) in [5, 5.41) is 0. The van der Waals surface area contributed by atoms with E-state index in [4.69, 9.17) is 5.73 Å². The van der Waals surface area contributed by atoms with Crippen molar-refractivity contribution >= 4 is 53.2 Å². The third-order valence-corrected chi connectivity index (χ3v) is 8.56. The second-order valence-corrected chi connectivity index (χ2v) is 10.8. The first kappa shape index (κ1) is 16.9. The summed E-state index contributed by atoms with van der Waals surface area (Å²) < 4.78 is 28.5. The Labute approximate surface area is 141 Å². The number of nitrogens with zero attached hydrogens (tertiary/aromatic N) is 1. The van der Waals surface area contributed by atoms with Gasteiger partial charge in [-0.25, -0.2) is 8.42 Å². The van der Waals surface area contributed by atoms with Gasteiger partial charge in [0.2, 0.25) is 10.0 Å². The van der Waals surface area contributed by atoms with Crippen LogP contribution in [-0.4, -0.2) is 32.4 Å². The van der Waals surface area contributed by atoms with Crippen molar-refractivity contribution in [1.82, 2.24) is 4.31 Å². The molecule has 0 saturated heterocycles. The van der Waals surface area contributed by atoms with E-state index in [0.29, 0.717) is 15.2 Å². The second-order valence-electron chi connectivity index (χ2n) is 5.06. The Balaban J connectivity index is 2.31. The van der Waals surface area contributed by atoms with Gasteiger partial charge in [-0.15, -0.1) is 11.3 Å². The van der Waals surface area contributed by atoms with E-state index in [0.717, 1.165) is 29.5 Å². The summed E-state index contributed by atoms with van der Waals surface area (Å²) in [6.07, 6.45) is 4.10. The third-order valence-electron chi connectivity index (χ3n) is 3.92. The first-order chi connectivity index (χ1) is 9.37. The van der Waals surface area contributed by atoms with E-state index < -0.39 is 10.0 Å². The zero-order valence-electron chi connectivity index (χ0n) is 11.2. The number of thiophene rings is 1. The molecule has 0 spiro atoms. The average molecular weight is 446 g/mol. The fraction of sp³-hybridized carbons (Fsp3) is 0.667. The predicted molar refractivity (Wildman–Crippen MR) is 89.5 cm³/mol. The molecule has 0 aromatic carbocycles. The largest absolute Gasteiger partial charge is 0.330 e. The summed E-state index contributed by atoms with van der Waals surface area (Å²) in [5.41, 5.74) is 5.81. The highest BCUT2D eigenvalue weighted by Gasteiger charge is 2.35.